The van der Waals surface area contributed by atoms with Crippen LogP contribution in [0.25, 0.3) is 0 Å². The number of hydrogen-bond acceptors (Lipinski definition) is 6. The first-order valence-electron chi connectivity index (χ1n) is 6.42. The number of aryl methyl sites for hydroxylation is 1. The zero-order chi connectivity index (χ0) is 16.2. The fraction of sp³-hybridized carbons (Fsp3) is 0.308. The Labute approximate surface area is 132 Å². The Kier molecular flexibility index (Phi) is 5.15. The molecule has 0 aliphatic rings. The normalized spacial score (nSPS) is 11.4. The molecule has 0 atom stereocenters. The van der Waals surface area contributed by atoms with Gasteiger partial charge in [-0.2, -0.15) is 0 Å². The first kappa shape index (κ1) is 16.4. The van der Waals surface area contributed by atoms with Gasteiger partial charge in [0.05, 0.1) is 0 Å². The molecule has 1 aromatic heterocycles. The van der Waals surface area contributed by atoms with Gasteiger partial charge in [0, 0.05) is 29.8 Å². The Morgan fingerprint density at radius 1 is 1.36 bits per heavy atom. The zero-order valence-electron chi connectivity index (χ0n) is 11.7. The van der Waals surface area contributed by atoms with Crippen molar-refractivity contribution in [3.63, 3.8) is 0 Å². The molecule has 0 bridgehead atoms. The van der Waals surface area contributed by atoms with E-state index in [-0.39, 0.29) is 11.8 Å². The predicted octanol–water partition coefficient (Wildman–Crippen LogP) is 1.49. The van der Waals surface area contributed by atoms with Crippen molar-refractivity contribution in [3.05, 3.63) is 40.7 Å². The van der Waals surface area contributed by atoms with Gasteiger partial charge < -0.3 is 9.73 Å². The summed E-state index contributed by atoms with van der Waals surface area (Å²) < 4.78 is 27.4. The first-order chi connectivity index (χ1) is 10.4. The molecule has 0 saturated carbocycles. The molecule has 0 aliphatic heterocycles. The lowest BCUT2D eigenvalue weighted by atomic mass is 10.2. The number of nitrogens with one attached hydrogen (secondary N) is 1. The third-order valence-corrected chi connectivity index (χ3v) is 3.74. The molecule has 0 unspecified atom stereocenters. The van der Waals surface area contributed by atoms with Gasteiger partial charge >= 0.3 is 5.22 Å². The molecule has 0 spiro atoms. The topological polar surface area (TPSA) is 102 Å². The molecule has 2 rings (SSSR count). The molecule has 0 fully saturated rings. The monoisotopic (exact) mass is 343 g/mol. The summed E-state index contributed by atoms with van der Waals surface area (Å²) in [6.45, 7) is 0.391. The lowest BCUT2D eigenvalue weighted by Crippen LogP contribution is -2.24. The van der Waals surface area contributed by atoms with Gasteiger partial charge in [-0.3, -0.25) is 4.79 Å². The number of hydrogen-bond donors (Lipinski definition) is 1. The van der Waals surface area contributed by atoms with Crippen LogP contribution in [-0.2, 0) is 16.3 Å². The van der Waals surface area contributed by atoms with Gasteiger partial charge in [0.2, 0.25) is 15.7 Å². The molecular weight excluding hydrogens is 330 g/mol. The van der Waals surface area contributed by atoms with Crippen molar-refractivity contribution < 1.29 is 17.6 Å². The van der Waals surface area contributed by atoms with Crippen LogP contribution in [0.1, 0.15) is 22.7 Å². The molecule has 9 heteroatoms. The predicted molar refractivity (Wildman–Crippen MR) is 79.5 cm³/mol. The van der Waals surface area contributed by atoms with Crippen LogP contribution in [0.5, 0.6) is 0 Å². The zero-order valence-corrected chi connectivity index (χ0v) is 13.3. The number of rotatable bonds is 6. The minimum atomic E-state index is -3.49. The van der Waals surface area contributed by atoms with E-state index in [2.05, 4.69) is 15.5 Å². The van der Waals surface area contributed by atoms with Gasteiger partial charge in [-0.15, -0.1) is 5.10 Å². The van der Waals surface area contributed by atoms with Gasteiger partial charge in [-0.05, 0) is 24.6 Å². The van der Waals surface area contributed by atoms with Crippen molar-refractivity contribution >= 4 is 27.3 Å². The van der Waals surface area contributed by atoms with E-state index in [0.717, 1.165) is 6.26 Å². The number of sulfone groups is 1. The number of halogens is 1. The minimum Gasteiger partial charge on any atom is -0.413 e. The highest BCUT2D eigenvalue weighted by Gasteiger charge is 2.16. The van der Waals surface area contributed by atoms with E-state index >= 15 is 0 Å². The average Bonchev–Trinajstić information content (AvgIpc) is 2.92. The molecule has 1 heterocycles. The van der Waals surface area contributed by atoms with E-state index in [4.69, 9.17) is 16.0 Å². The number of nitrogens with zero attached hydrogens (tertiary/aromatic N) is 2. The molecule has 7 nitrogen and oxygen atoms in total. The molecule has 1 aromatic carbocycles. The van der Waals surface area contributed by atoms with Crippen LogP contribution in [-0.4, -0.2) is 37.3 Å². The molecular formula is C13H14ClN3O4S. The van der Waals surface area contributed by atoms with E-state index in [9.17, 15) is 13.2 Å². The largest absolute Gasteiger partial charge is 0.413 e. The van der Waals surface area contributed by atoms with Crippen LogP contribution in [0.4, 0.5) is 0 Å². The number of aromatic nitrogens is 2. The van der Waals surface area contributed by atoms with Crippen molar-refractivity contribution in [1.82, 2.24) is 15.5 Å². The number of benzene rings is 1. The van der Waals surface area contributed by atoms with E-state index in [0.29, 0.717) is 30.0 Å². The second-order valence-corrected chi connectivity index (χ2v) is 6.93. The van der Waals surface area contributed by atoms with Crippen molar-refractivity contribution in [2.24, 2.45) is 0 Å². The summed E-state index contributed by atoms with van der Waals surface area (Å²) in [6, 6.07) is 6.63. The van der Waals surface area contributed by atoms with Gasteiger partial charge in [0.1, 0.15) is 0 Å². The maximum Gasteiger partial charge on any atom is 0.335 e. The van der Waals surface area contributed by atoms with Gasteiger partial charge in [0.25, 0.3) is 5.91 Å². The fourth-order valence-electron chi connectivity index (χ4n) is 1.66. The number of carbonyl (C=O) groups is 1. The molecule has 0 saturated heterocycles. The Morgan fingerprint density at radius 2 is 2.14 bits per heavy atom. The van der Waals surface area contributed by atoms with Crippen LogP contribution in [0.2, 0.25) is 5.02 Å². The van der Waals surface area contributed by atoms with Crippen LogP contribution in [0.3, 0.4) is 0 Å². The van der Waals surface area contributed by atoms with Crippen molar-refractivity contribution in [1.29, 1.82) is 0 Å². The molecule has 2 aromatic rings. The molecule has 1 amide bonds. The highest BCUT2D eigenvalue weighted by atomic mass is 35.5. The lowest BCUT2D eigenvalue weighted by molar-refractivity contribution is 0.0953. The van der Waals surface area contributed by atoms with Crippen molar-refractivity contribution in [2.45, 2.75) is 18.1 Å². The summed E-state index contributed by atoms with van der Waals surface area (Å²) >= 11 is 5.81. The fourth-order valence-corrected chi connectivity index (χ4v) is 2.29. The number of carbonyl (C=O) groups excluding carboxylic acids is 1. The smallest absolute Gasteiger partial charge is 0.335 e. The molecule has 118 valence electrons. The maximum atomic E-state index is 11.8. The van der Waals surface area contributed by atoms with Crippen LogP contribution >= 0.6 is 11.6 Å². The van der Waals surface area contributed by atoms with E-state index in [1.165, 1.54) is 0 Å². The summed E-state index contributed by atoms with van der Waals surface area (Å²) in [6.07, 6.45) is 1.91. The highest BCUT2D eigenvalue weighted by Crippen LogP contribution is 2.11. The van der Waals surface area contributed by atoms with Crippen molar-refractivity contribution in [3.8, 4) is 0 Å². The molecule has 1 N–H and O–H groups in total. The first-order valence-corrected chi connectivity index (χ1v) is 8.69. The van der Waals surface area contributed by atoms with E-state index < -0.39 is 15.1 Å². The lowest BCUT2D eigenvalue weighted by Gasteiger charge is -2.04. The SMILES string of the molecule is CS(=O)(=O)c1nnc(CCCNC(=O)c2cccc(Cl)c2)o1. The Bertz CT molecular complexity index is 773. The standard InChI is InChI=1S/C13H14ClN3O4S/c1-22(19,20)13-17-16-11(21-13)6-3-7-15-12(18)9-4-2-5-10(14)8-9/h2,4-5,8H,3,6-7H2,1H3,(H,15,18). The minimum absolute atomic E-state index is 0.220. The quantitative estimate of drug-likeness (QED) is 0.797. The molecule has 22 heavy (non-hydrogen) atoms. The third-order valence-electron chi connectivity index (χ3n) is 2.71. The summed E-state index contributed by atoms with van der Waals surface area (Å²) in [7, 11) is -3.49. The third kappa shape index (κ3) is 4.54. The Hall–Kier alpha value is -1.93. The van der Waals surface area contributed by atoms with Crippen LogP contribution < -0.4 is 5.32 Å². The van der Waals surface area contributed by atoms with Gasteiger partial charge in [0.15, 0.2) is 0 Å². The van der Waals surface area contributed by atoms with Crippen molar-refractivity contribution in [2.75, 3.05) is 12.8 Å². The van der Waals surface area contributed by atoms with Crippen LogP contribution in [0.15, 0.2) is 33.9 Å². The molecule has 0 radical (unpaired) electrons. The summed E-state index contributed by atoms with van der Waals surface area (Å²) in [5.41, 5.74) is 0.477. The van der Waals surface area contributed by atoms with Gasteiger partial charge in [-0.1, -0.05) is 22.8 Å². The average molecular weight is 344 g/mol. The molecule has 0 aliphatic carbocycles. The highest BCUT2D eigenvalue weighted by molar-refractivity contribution is 7.90. The maximum absolute atomic E-state index is 11.8. The second-order valence-electron chi connectivity index (χ2n) is 4.60. The second kappa shape index (κ2) is 6.89. The van der Waals surface area contributed by atoms with Gasteiger partial charge in [-0.25, -0.2) is 8.42 Å². The Morgan fingerprint density at radius 3 is 2.77 bits per heavy atom. The van der Waals surface area contributed by atoms with E-state index in [1.807, 2.05) is 0 Å². The van der Waals surface area contributed by atoms with Crippen LogP contribution in [0, 0.1) is 0 Å². The Balaban J connectivity index is 1.80. The summed E-state index contributed by atoms with van der Waals surface area (Å²) in [5.74, 6) is -0.0118. The number of amides is 1. The summed E-state index contributed by atoms with van der Waals surface area (Å²) in [5, 5.41) is 9.92. The van der Waals surface area contributed by atoms with E-state index in [1.54, 1.807) is 24.3 Å². The summed E-state index contributed by atoms with van der Waals surface area (Å²) in [4.78, 5) is 11.8.